The maximum absolute atomic E-state index is 12.5. The Morgan fingerprint density at radius 3 is 2.65 bits per heavy atom. The minimum Gasteiger partial charge on any atom is -0.454 e. The Bertz CT molecular complexity index is 895. The summed E-state index contributed by atoms with van der Waals surface area (Å²) >= 11 is 0. The van der Waals surface area contributed by atoms with Crippen LogP contribution in [0.4, 0.5) is 0 Å². The second-order valence-corrected chi connectivity index (χ2v) is 4.81. The van der Waals surface area contributed by atoms with Gasteiger partial charge in [0.1, 0.15) is 0 Å². The van der Waals surface area contributed by atoms with Gasteiger partial charge in [-0.3, -0.25) is 4.79 Å². The molecule has 1 aliphatic heterocycles. The highest BCUT2D eigenvalue weighted by molar-refractivity contribution is 6.08. The summed E-state index contributed by atoms with van der Waals surface area (Å²) in [4.78, 5) is 12.5. The van der Waals surface area contributed by atoms with Crippen LogP contribution in [-0.2, 0) is 6.54 Å². The quantitative estimate of drug-likeness (QED) is 0.680. The number of benzene rings is 1. The average molecular weight is 267 g/mol. The zero-order valence-corrected chi connectivity index (χ0v) is 11.1. The number of para-hydroxylation sites is 1. The van der Waals surface area contributed by atoms with Crippen molar-refractivity contribution in [2.75, 3.05) is 6.79 Å². The highest BCUT2D eigenvalue weighted by Gasteiger charge is 2.18. The summed E-state index contributed by atoms with van der Waals surface area (Å²) in [5, 5.41) is 1.98. The molecule has 2 heterocycles. The fraction of sp³-hybridized carbons (Fsp3) is 0.188. The van der Waals surface area contributed by atoms with Crippen molar-refractivity contribution >= 4 is 21.8 Å². The predicted octanol–water partition coefficient (Wildman–Crippen LogP) is 2.90. The lowest BCUT2D eigenvalue weighted by Gasteiger charge is -2.00. The van der Waals surface area contributed by atoms with Gasteiger partial charge in [-0.05, 0) is 19.1 Å². The summed E-state index contributed by atoms with van der Waals surface area (Å²) in [5.41, 5.74) is 1.74. The monoisotopic (exact) mass is 267 g/mol. The number of hydrogen-bond acceptors (Lipinski definition) is 3. The first kappa shape index (κ1) is 11.3. The molecule has 4 heteroatoms. The van der Waals surface area contributed by atoms with Gasteiger partial charge in [-0.25, -0.2) is 0 Å². The van der Waals surface area contributed by atoms with Crippen LogP contribution in [0.1, 0.15) is 6.92 Å². The highest BCUT2D eigenvalue weighted by Crippen LogP contribution is 2.35. The topological polar surface area (TPSA) is 40.5 Å². The molecule has 0 saturated carbocycles. The van der Waals surface area contributed by atoms with Gasteiger partial charge in [0.25, 0.3) is 0 Å². The van der Waals surface area contributed by atoms with Gasteiger partial charge in [0.05, 0.1) is 5.52 Å². The third-order valence-corrected chi connectivity index (χ3v) is 3.77. The summed E-state index contributed by atoms with van der Waals surface area (Å²) in [6.07, 6.45) is 0. The first-order valence-electron chi connectivity index (χ1n) is 6.64. The molecule has 3 aromatic rings. The molecule has 1 aromatic heterocycles. The van der Waals surface area contributed by atoms with E-state index in [1.54, 1.807) is 0 Å². The van der Waals surface area contributed by atoms with E-state index < -0.39 is 0 Å². The Balaban J connectivity index is 2.30. The molecule has 0 unspecified atom stereocenters. The molecule has 0 aliphatic carbocycles. The van der Waals surface area contributed by atoms with Crippen LogP contribution >= 0.6 is 0 Å². The van der Waals surface area contributed by atoms with E-state index in [0.29, 0.717) is 17.0 Å². The lowest BCUT2D eigenvalue weighted by molar-refractivity contribution is 0.173. The van der Waals surface area contributed by atoms with E-state index in [9.17, 15) is 4.79 Å². The largest absolute Gasteiger partial charge is 0.454 e. The van der Waals surface area contributed by atoms with Gasteiger partial charge in [-0.1, -0.05) is 18.2 Å². The van der Waals surface area contributed by atoms with Gasteiger partial charge in [-0.2, -0.15) is 0 Å². The lowest BCUT2D eigenvalue weighted by Crippen LogP contribution is -2.04. The predicted molar refractivity (Wildman–Crippen MR) is 77.5 cm³/mol. The van der Waals surface area contributed by atoms with Crippen molar-refractivity contribution in [2.24, 2.45) is 0 Å². The molecule has 0 fully saturated rings. The average Bonchev–Trinajstić information content (AvgIpc) is 2.99. The molecule has 4 rings (SSSR count). The third kappa shape index (κ3) is 1.39. The van der Waals surface area contributed by atoms with Gasteiger partial charge < -0.3 is 14.0 Å². The normalized spacial score (nSPS) is 13.2. The summed E-state index contributed by atoms with van der Waals surface area (Å²) < 4.78 is 12.8. The number of aryl methyl sites for hydroxylation is 1. The zero-order chi connectivity index (χ0) is 13.7. The summed E-state index contributed by atoms with van der Waals surface area (Å²) in [6.45, 7) is 2.96. The molecule has 0 N–H and O–H groups in total. The first-order chi connectivity index (χ1) is 9.79. The maximum Gasteiger partial charge on any atom is 0.231 e. The van der Waals surface area contributed by atoms with E-state index in [0.717, 1.165) is 22.8 Å². The fourth-order valence-corrected chi connectivity index (χ4v) is 2.91. The van der Waals surface area contributed by atoms with Crippen molar-refractivity contribution in [3.8, 4) is 11.5 Å². The van der Waals surface area contributed by atoms with Crippen molar-refractivity contribution in [3.63, 3.8) is 0 Å². The minimum atomic E-state index is -0.0372. The van der Waals surface area contributed by atoms with E-state index in [-0.39, 0.29) is 12.2 Å². The fourth-order valence-electron chi connectivity index (χ4n) is 2.91. The number of fused-ring (bicyclic) bond motifs is 4. The molecular weight excluding hydrogens is 254 g/mol. The first-order valence-corrected chi connectivity index (χ1v) is 6.64. The molecule has 100 valence electrons. The van der Waals surface area contributed by atoms with E-state index in [1.807, 2.05) is 41.8 Å². The molecule has 20 heavy (non-hydrogen) atoms. The van der Waals surface area contributed by atoms with Crippen molar-refractivity contribution in [2.45, 2.75) is 13.5 Å². The third-order valence-electron chi connectivity index (χ3n) is 3.77. The lowest BCUT2D eigenvalue weighted by atomic mass is 10.2. The van der Waals surface area contributed by atoms with E-state index in [1.165, 1.54) is 6.07 Å². The van der Waals surface area contributed by atoms with E-state index in [2.05, 4.69) is 0 Å². The Morgan fingerprint density at radius 1 is 1.10 bits per heavy atom. The van der Waals surface area contributed by atoms with Crippen LogP contribution in [0.2, 0.25) is 0 Å². The van der Waals surface area contributed by atoms with Crippen LogP contribution in [0, 0.1) is 0 Å². The zero-order valence-electron chi connectivity index (χ0n) is 11.1. The van der Waals surface area contributed by atoms with Crippen molar-refractivity contribution < 1.29 is 9.47 Å². The molecule has 0 saturated heterocycles. The molecule has 0 spiro atoms. The van der Waals surface area contributed by atoms with Crippen LogP contribution < -0.4 is 14.9 Å². The van der Waals surface area contributed by atoms with Gasteiger partial charge in [0, 0.05) is 28.9 Å². The van der Waals surface area contributed by atoms with Crippen molar-refractivity contribution in [3.05, 3.63) is 46.6 Å². The molecule has 0 radical (unpaired) electrons. The highest BCUT2D eigenvalue weighted by atomic mass is 16.7. The Hall–Kier alpha value is -2.49. The van der Waals surface area contributed by atoms with Crippen molar-refractivity contribution in [1.29, 1.82) is 0 Å². The Morgan fingerprint density at radius 2 is 1.85 bits per heavy atom. The number of hydrogen-bond donors (Lipinski definition) is 0. The summed E-state index contributed by atoms with van der Waals surface area (Å²) in [7, 11) is 0. The molecule has 0 atom stereocenters. The second kappa shape index (κ2) is 4.00. The molecule has 0 amide bonds. The molecule has 2 aromatic carbocycles. The smallest absolute Gasteiger partial charge is 0.231 e. The van der Waals surface area contributed by atoms with Crippen molar-refractivity contribution in [1.82, 2.24) is 4.57 Å². The van der Waals surface area contributed by atoms with Crippen LogP contribution in [0.3, 0.4) is 0 Å². The van der Waals surface area contributed by atoms with Crippen LogP contribution in [0.15, 0.2) is 41.2 Å². The molecule has 1 aliphatic rings. The van der Waals surface area contributed by atoms with E-state index in [4.69, 9.17) is 9.47 Å². The van der Waals surface area contributed by atoms with Gasteiger partial charge in [0.2, 0.25) is 12.2 Å². The molecule has 0 bridgehead atoms. The van der Waals surface area contributed by atoms with Crippen LogP contribution in [-0.4, -0.2) is 11.4 Å². The van der Waals surface area contributed by atoms with Crippen LogP contribution in [0.5, 0.6) is 11.5 Å². The number of nitrogens with zero attached hydrogens (tertiary/aromatic N) is 1. The molecule has 4 nitrogen and oxygen atoms in total. The second-order valence-electron chi connectivity index (χ2n) is 4.81. The van der Waals surface area contributed by atoms with Gasteiger partial charge in [0.15, 0.2) is 11.5 Å². The summed E-state index contributed by atoms with van der Waals surface area (Å²) in [6, 6.07) is 11.5. The SMILES string of the molecule is CCn1c2ccccc2c2cc3c(cc(=O)c21)OCO3. The Labute approximate surface area is 115 Å². The number of aromatic nitrogens is 1. The number of rotatable bonds is 1. The number of ether oxygens (including phenoxy) is 2. The summed E-state index contributed by atoms with van der Waals surface area (Å²) in [5.74, 6) is 1.16. The van der Waals surface area contributed by atoms with E-state index >= 15 is 0 Å². The van der Waals surface area contributed by atoms with Gasteiger partial charge >= 0.3 is 0 Å². The molecular formula is C16H13NO3. The van der Waals surface area contributed by atoms with Crippen LogP contribution in [0.25, 0.3) is 21.8 Å². The maximum atomic E-state index is 12.5. The standard InChI is InChI=1S/C16H13NO3/c1-2-17-12-6-4-3-5-10(12)11-7-14-15(20-9-19-14)8-13(18)16(11)17/h3-8H,2,9H2,1H3. The minimum absolute atomic E-state index is 0.0372. The Kier molecular flexibility index (Phi) is 2.27. The van der Waals surface area contributed by atoms with Gasteiger partial charge in [-0.15, -0.1) is 0 Å².